The molecule has 1 atom stereocenters. The second-order valence-corrected chi connectivity index (χ2v) is 13.5. The summed E-state index contributed by atoms with van der Waals surface area (Å²) in [6.45, 7) is 1.24. The van der Waals surface area contributed by atoms with E-state index in [1.807, 2.05) is 4.90 Å². The highest BCUT2D eigenvalue weighted by Gasteiger charge is 2.59. The number of benzene rings is 3. The predicted octanol–water partition coefficient (Wildman–Crippen LogP) is 5.23. The number of piperazine rings is 1. The number of alkyl halides is 3. The average molecular weight is 769 g/mol. The number of hydrogen-bond donors (Lipinski definition) is 0. The average Bonchev–Trinajstić information content (AvgIpc) is 3.35. The van der Waals surface area contributed by atoms with E-state index < -0.39 is 50.7 Å². The van der Waals surface area contributed by atoms with Crippen molar-refractivity contribution in [2.45, 2.75) is 23.1 Å². The van der Waals surface area contributed by atoms with Gasteiger partial charge in [-0.2, -0.15) is 0 Å². The molecule has 51 heavy (non-hydrogen) atoms. The molecule has 6 rings (SSSR count). The van der Waals surface area contributed by atoms with Crippen molar-refractivity contribution >= 4 is 57.5 Å². The summed E-state index contributed by atoms with van der Waals surface area (Å²) in [7, 11) is -2.63. The van der Waals surface area contributed by atoms with Gasteiger partial charge in [-0.1, -0.05) is 29.8 Å². The van der Waals surface area contributed by atoms with E-state index in [4.69, 9.17) is 21.1 Å². The molecule has 1 saturated heterocycles. The SMILES string of the molecule is COc1ccc(S(=O)(=O)N2C(=O)C(CC(=O)N3CCN(c4ncccn4)CC3)(c3ccccc3OC)c3cc(Cl)ccc32)c(OC(F)(F)F)c1.Cl. The highest BCUT2D eigenvalue weighted by atomic mass is 35.5. The molecule has 12 nitrogen and oxygen atoms in total. The summed E-state index contributed by atoms with van der Waals surface area (Å²) in [4.78, 5) is 40.3. The van der Waals surface area contributed by atoms with Gasteiger partial charge in [-0.3, -0.25) is 9.59 Å². The van der Waals surface area contributed by atoms with E-state index in [0.29, 0.717) is 23.3 Å². The number of sulfonamides is 1. The van der Waals surface area contributed by atoms with Crippen molar-refractivity contribution in [3.8, 4) is 17.2 Å². The van der Waals surface area contributed by atoms with E-state index >= 15 is 4.79 Å². The van der Waals surface area contributed by atoms with Crippen LogP contribution in [0.5, 0.6) is 17.2 Å². The number of hydrogen-bond acceptors (Lipinski definition) is 10. The van der Waals surface area contributed by atoms with Crippen LogP contribution in [-0.2, 0) is 25.0 Å². The van der Waals surface area contributed by atoms with Crippen LogP contribution in [0.2, 0.25) is 5.02 Å². The molecule has 2 aliphatic heterocycles. The normalized spacial score (nSPS) is 17.5. The lowest BCUT2D eigenvalue weighted by atomic mass is 9.72. The van der Waals surface area contributed by atoms with E-state index in [-0.39, 0.29) is 58.8 Å². The molecule has 0 N–H and O–H groups in total. The predicted molar refractivity (Wildman–Crippen MR) is 182 cm³/mol. The smallest absolute Gasteiger partial charge is 0.497 e. The molecule has 3 heterocycles. The number of rotatable bonds is 9. The number of amides is 2. The minimum Gasteiger partial charge on any atom is -0.497 e. The van der Waals surface area contributed by atoms with Gasteiger partial charge in [0.05, 0.1) is 19.9 Å². The van der Waals surface area contributed by atoms with Gasteiger partial charge in [-0.15, -0.1) is 25.6 Å². The third kappa shape index (κ3) is 6.95. The molecule has 0 aliphatic carbocycles. The molecular weight excluding hydrogens is 738 g/mol. The summed E-state index contributed by atoms with van der Waals surface area (Å²) >= 11 is 6.45. The Morgan fingerprint density at radius 1 is 0.902 bits per heavy atom. The van der Waals surface area contributed by atoms with Crippen molar-refractivity contribution < 1.29 is 45.4 Å². The molecule has 2 aliphatic rings. The van der Waals surface area contributed by atoms with Crippen LogP contribution in [0.15, 0.2) is 84.0 Å². The first-order valence-corrected chi connectivity index (χ1v) is 16.9. The van der Waals surface area contributed by atoms with Gasteiger partial charge < -0.3 is 24.0 Å². The van der Waals surface area contributed by atoms with Gasteiger partial charge >= 0.3 is 6.36 Å². The quantitative estimate of drug-likeness (QED) is 0.223. The minimum atomic E-state index is -5.29. The largest absolute Gasteiger partial charge is 0.573 e. The standard InChI is InChI=1S/C33H29ClF3N5O7S.ClH/c1-47-22-9-11-28(27(19-22)49-33(35,36)37)50(45,46)42-25-10-8-21(34)18-24(25)32(30(42)44,23-6-3-4-7-26(23)48-2)20-29(43)40-14-16-41(17-15-40)31-38-12-5-13-39-31;/h3-13,18-19H,14-17,20H2,1-2H3;1H. The number of para-hydroxylation sites is 1. The van der Waals surface area contributed by atoms with Gasteiger partial charge in [0, 0.05) is 61.6 Å². The Bertz CT molecular complexity index is 2050. The van der Waals surface area contributed by atoms with Crippen molar-refractivity contribution in [2.75, 3.05) is 49.6 Å². The number of methoxy groups -OCH3 is 2. The van der Waals surface area contributed by atoms with E-state index in [2.05, 4.69) is 14.7 Å². The van der Waals surface area contributed by atoms with E-state index in [1.165, 1.54) is 38.5 Å². The van der Waals surface area contributed by atoms with Crippen LogP contribution in [0.1, 0.15) is 17.5 Å². The lowest BCUT2D eigenvalue weighted by Gasteiger charge is -2.37. The lowest BCUT2D eigenvalue weighted by molar-refractivity contribution is -0.275. The molecule has 1 unspecified atom stereocenters. The molecule has 1 aromatic heterocycles. The van der Waals surface area contributed by atoms with Crippen LogP contribution in [-0.4, -0.2) is 81.9 Å². The van der Waals surface area contributed by atoms with E-state index in [1.54, 1.807) is 41.6 Å². The van der Waals surface area contributed by atoms with Crippen LogP contribution >= 0.6 is 24.0 Å². The van der Waals surface area contributed by atoms with Crippen LogP contribution < -0.4 is 23.4 Å². The maximum Gasteiger partial charge on any atom is 0.573 e. The Balaban J connectivity index is 0.00000504. The number of nitrogens with zero attached hydrogens (tertiary/aromatic N) is 5. The molecule has 0 saturated carbocycles. The van der Waals surface area contributed by atoms with Gasteiger partial charge in [-0.25, -0.2) is 22.7 Å². The van der Waals surface area contributed by atoms with Crippen LogP contribution in [0.4, 0.5) is 24.8 Å². The number of carbonyl (C=O) groups is 2. The fourth-order valence-corrected chi connectivity index (χ4v) is 8.02. The first-order chi connectivity index (χ1) is 23.8. The summed E-state index contributed by atoms with van der Waals surface area (Å²) in [5, 5.41) is 0.115. The molecular formula is C33H30Cl2F3N5O7S. The Morgan fingerprint density at radius 3 is 2.24 bits per heavy atom. The molecule has 0 spiro atoms. The third-order valence-corrected chi connectivity index (χ3v) is 10.5. The summed E-state index contributed by atoms with van der Waals surface area (Å²) in [6.07, 6.45) is -2.65. The van der Waals surface area contributed by atoms with Crippen LogP contribution in [0.3, 0.4) is 0 Å². The molecule has 4 aromatic rings. The molecule has 3 aromatic carbocycles. The topological polar surface area (TPSA) is 131 Å². The van der Waals surface area contributed by atoms with Gasteiger partial charge in [0.2, 0.25) is 11.9 Å². The molecule has 18 heteroatoms. The summed E-state index contributed by atoms with van der Waals surface area (Å²) < 4.78 is 84.7. The Morgan fingerprint density at radius 2 is 1.59 bits per heavy atom. The zero-order valence-electron chi connectivity index (χ0n) is 27.0. The number of ether oxygens (including phenoxy) is 3. The van der Waals surface area contributed by atoms with E-state index in [0.717, 1.165) is 18.2 Å². The Labute approximate surface area is 302 Å². The summed E-state index contributed by atoms with van der Waals surface area (Å²) in [5.74, 6) is -2.21. The number of aromatic nitrogens is 2. The second kappa shape index (κ2) is 14.4. The fraction of sp³-hybridized carbons (Fsp3) is 0.273. The first-order valence-electron chi connectivity index (χ1n) is 15.1. The Kier molecular flexibility index (Phi) is 10.6. The van der Waals surface area contributed by atoms with Gasteiger partial charge in [0.15, 0.2) is 5.75 Å². The number of carbonyl (C=O) groups excluding carboxylic acids is 2. The molecule has 270 valence electrons. The van der Waals surface area contributed by atoms with Crippen LogP contribution in [0.25, 0.3) is 0 Å². The lowest BCUT2D eigenvalue weighted by Crippen LogP contribution is -2.52. The maximum absolute atomic E-state index is 15.0. The van der Waals surface area contributed by atoms with Crippen molar-refractivity contribution in [1.82, 2.24) is 14.9 Å². The summed E-state index contributed by atoms with van der Waals surface area (Å²) in [6, 6.07) is 14.7. The number of anilines is 2. The zero-order valence-corrected chi connectivity index (χ0v) is 29.4. The van der Waals surface area contributed by atoms with Crippen molar-refractivity contribution in [2.24, 2.45) is 0 Å². The summed E-state index contributed by atoms with van der Waals surface area (Å²) in [5.41, 5.74) is -2.06. The van der Waals surface area contributed by atoms with Gasteiger partial charge in [-0.05, 0) is 48.0 Å². The van der Waals surface area contributed by atoms with Gasteiger partial charge in [0.25, 0.3) is 15.9 Å². The minimum absolute atomic E-state index is 0. The zero-order chi connectivity index (χ0) is 35.8. The highest BCUT2D eigenvalue weighted by Crippen LogP contribution is 2.54. The van der Waals surface area contributed by atoms with Gasteiger partial charge in [0.1, 0.15) is 21.8 Å². The second-order valence-electron chi connectivity index (χ2n) is 11.3. The Hall–Kier alpha value is -4.80. The monoisotopic (exact) mass is 767 g/mol. The first kappa shape index (κ1) is 37.5. The van der Waals surface area contributed by atoms with Crippen molar-refractivity contribution in [3.63, 3.8) is 0 Å². The maximum atomic E-state index is 15.0. The fourth-order valence-electron chi connectivity index (χ4n) is 6.27. The van der Waals surface area contributed by atoms with Crippen molar-refractivity contribution in [1.29, 1.82) is 0 Å². The number of halogens is 5. The number of fused-ring (bicyclic) bond motifs is 1. The van der Waals surface area contributed by atoms with Crippen LogP contribution in [0, 0.1) is 0 Å². The molecule has 2 amide bonds. The van der Waals surface area contributed by atoms with E-state index in [9.17, 15) is 26.4 Å². The third-order valence-electron chi connectivity index (χ3n) is 8.53. The molecule has 0 radical (unpaired) electrons. The molecule has 0 bridgehead atoms. The molecule has 1 fully saturated rings. The van der Waals surface area contributed by atoms with Crippen molar-refractivity contribution in [3.05, 3.63) is 95.3 Å². The highest BCUT2D eigenvalue weighted by molar-refractivity contribution is 7.93.